The number of carbonyl (C=O) groups excluding carboxylic acids is 1. The van der Waals surface area contributed by atoms with E-state index in [2.05, 4.69) is 25.5 Å². The highest BCUT2D eigenvalue weighted by molar-refractivity contribution is 5.82. The minimum absolute atomic E-state index is 0.0265. The lowest BCUT2D eigenvalue weighted by molar-refractivity contribution is -0.142. The van der Waals surface area contributed by atoms with Crippen LogP contribution in [0.15, 0.2) is 54.7 Å². The van der Waals surface area contributed by atoms with Crippen molar-refractivity contribution in [1.29, 1.82) is 0 Å². The molecular formula is C23H26N8O2. The first-order valence-corrected chi connectivity index (χ1v) is 10.9. The molecule has 2 N–H and O–H groups in total. The highest BCUT2D eigenvalue weighted by Gasteiger charge is 2.29. The Kier molecular flexibility index (Phi) is 5.66. The molecule has 0 spiro atoms. The van der Waals surface area contributed by atoms with Crippen molar-refractivity contribution in [3.05, 3.63) is 66.0 Å². The maximum absolute atomic E-state index is 13.1. The first kappa shape index (κ1) is 21.0. The fourth-order valence-electron chi connectivity index (χ4n) is 4.05. The second-order valence-corrected chi connectivity index (χ2v) is 8.00. The molecule has 0 aliphatic carbocycles. The average Bonchev–Trinajstić information content (AvgIpc) is 3.49. The minimum Gasteiger partial charge on any atom is -0.367 e. The van der Waals surface area contributed by atoms with Crippen LogP contribution in [0.5, 0.6) is 0 Å². The van der Waals surface area contributed by atoms with E-state index in [9.17, 15) is 4.79 Å². The predicted octanol–water partition coefficient (Wildman–Crippen LogP) is 2.54. The molecule has 0 saturated carbocycles. The third-order valence-electron chi connectivity index (χ3n) is 5.77. The Morgan fingerprint density at radius 3 is 2.61 bits per heavy atom. The van der Waals surface area contributed by atoms with Gasteiger partial charge < -0.3 is 19.9 Å². The van der Waals surface area contributed by atoms with Crippen molar-refractivity contribution >= 4 is 29.0 Å². The number of nitrogens with zero attached hydrogens (tertiary/aromatic N) is 6. The zero-order chi connectivity index (χ0) is 22.8. The van der Waals surface area contributed by atoms with Crippen molar-refractivity contribution < 1.29 is 9.53 Å². The molecule has 1 amide bonds. The average molecular weight is 447 g/mol. The number of H-pyrrole nitrogens is 1. The second kappa shape index (κ2) is 8.91. The third kappa shape index (κ3) is 4.24. The van der Waals surface area contributed by atoms with Gasteiger partial charge in [0.05, 0.1) is 0 Å². The Labute approximate surface area is 191 Å². The second-order valence-electron chi connectivity index (χ2n) is 8.00. The molecule has 0 radical (unpaired) electrons. The predicted molar refractivity (Wildman–Crippen MR) is 125 cm³/mol. The first-order chi connectivity index (χ1) is 16.1. The molecule has 10 nitrogen and oxygen atoms in total. The van der Waals surface area contributed by atoms with Crippen LogP contribution in [0.2, 0.25) is 0 Å². The van der Waals surface area contributed by atoms with Gasteiger partial charge in [0.15, 0.2) is 17.7 Å². The van der Waals surface area contributed by atoms with Crippen LogP contribution in [0, 0.1) is 6.92 Å². The minimum atomic E-state index is -0.599. The summed E-state index contributed by atoms with van der Waals surface area (Å²) in [7, 11) is 1.57. The van der Waals surface area contributed by atoms with E-state index in [0.717, 1.165) is 16.8 Å². The van der Waals surface area contributed by atoms with E-state index in [0.29, 0.717) is 43.8 Å². The molecule has 170 valence electrons. The number of methoxy groups -OCH3 is 1. The van der Waals surface area contributed by atoms with Gasteiger partial charge in [-0.25, -0.2) is 4.52 Å². The molecule has 4 heterocycles. The summed E-state index contributed by atoms with van der Waals surface area (Å²) >= 11 is 0. The molecule has 1 aromatic carbocycles. The molecule has 1 fully saturated rings. The summed E-state index contributed by atoms with van der Waals surface area (Å²) in [6.07, 6.45) is 1.29. The van der Waals surface area contributed by atoms with E-state index in [1.54, 1.807) is 11.6 Å². The van der Waals surface area contributed by atoms with Crippen LogP contribution in [0.1, 0.15) is 17.4 Å². The summed E-state index contributed by atoms with van der Waals surface area (Å²) in [5, 5.41) is 15.1. The monoisotopic (exact) mass is 446 g/mol. The van der Waals surface area contributed by atoms with Gasteiger partial charge in [-0.05, 0) is 24.6 Å². The number of anilines is 3. The topological polar surface area (TPSA) is 104 Å². The number of ether oxygens (including phenoxy) is 1. The van der Waals surface area contributed by atoms with Gasteiger partial charge in [-0.1, -0.05) is 30.3 Å². The normalized spacial score (nSPS) is 15.1. The number of aryl methyl sites for hydroxylation is 1. The van der Waals surface area contributed by atoms with Crippen LogP contribution in [0.4, 0.5) is 17.6 Å². The largest absolute Gasteiger partial charge is 0.367 e. The molecule has 0 bridgehead atoms. The zero-order valence-corrected chi connectivity index (χ0v) is 18.6. The van der Waals surface area contributed by atoms with Crippen molar-refractivity contribution in [2.75, 3.05) is 43.5 Å². The maximum Gasteiger partial charge on any atom is 0.256 e. The summed E-state index contributed by atoms with van der Waals surface area (Å²) in [5.74, 6) is 1.95. The van der Waals surface area contributed by atoms with Crippen LogP contribution in [-0.4, -0.2) is 68.9 Å². The van der Waals surface area contributed by atoms with Crippen LogP contribution >= 0.6 is 0 Å². The Hall–Kier alpha value is -3.92. The number of fused-ring (bicyclic) bond motifs is 1. The van der Waals surface area contributed by atoms with Gasteiger partial charge in [0, 0.05) is 51.2 Å². The number of hydrogen-bond acceptors (Lipinski definition) is 7. The first-order valence-electron chi connectivity index (χ1n) is 10.9. The molecular weight excluding hydrogens is 420 g/mol. The molecule has 1 atom stereocenters. The van der Waals surface area contributed by atoms with Crippen molar-refractivity contribution in [2.24, 2.45) is 0 Å². The molecule has 4 aromatic rings. The number of benzene rings is 1. The molecule has 33 heavy (non-hydrogen) atoms. The van der Waals surface area contributed by atoms with Crippen molar-refractivity contribution in [3.8, 4) is 0 Å². The third-order valence-corrected chi connectivity index (χ3v) is 5.77. The highest BCUT2D eigenvalue weighted by Crippen LogP contribution is 2.24. The zero-order valence-electron chi connectivity index (χ0n) is 18.6. The van der Waals surface area contributed by atoms with Gasteiger partial charge in [0.1, 0.15) is 5.52 Å². The molecule has 1 aliphatic rings. The number of rotatable bonds is 6. The van der Waals surface area contributed by atoms with E-state index >= 15 is 0 Å². The molecule has 1 saturated heterocycles. The van der Waals surface area contributed by atoms with Gasteiger partial charge in [0.25, 0.3) is 5.91 Å². The van der Waals surface area contributed by atoms with Gasteiger partial charge in [-0.15, -0.1) is 5.10 Å². The standard InChI is InChI=1S/C23H26N8O2/c1-16-15-19(27-26-16)24-21-18-9-6-10-31(18)28-23(25-21)30-13-11-29(12-14-30)22(32)20(33-2)17-7-4-3-5-8-17/h3-10,15,20H,11-14H2,1-2H3,(H2,24,25,26,27,28). The van der Waals surface area contributed by atoms with Gasteiger partial charge in [0.2, 0.25) is 5.95 Å². The Balaban J connectivity index is 1.31. The quantitative estimate of drug-likeness (QED) is 0.469. The summed E-state index contributed by atoms with van der Waals surface area (Å²) in [6.45, 7) is 4.35. The van der Waals surface area contributed by atoms with E-state index in [4.69, 9.17) is 9.72 Å². The molecule has 1 unspecified atom stereocenters. The SMILES string of the molecule is COC(C(=O)N1CCN(c2nc(Nc3cc(C)[nH]n3)c3cccn3n2)CC1)c1ccccc1. The maximum atomic E-state index is 13.1. The summed E-state index contributed by atoms with van der Waals surface area (Å²) < 4.78 is 7.33. The molecule has 1 aliphatic heterocycles. The lowest BCUT2D eigenvalue weighted by atomic mass is 10.1. The smallest absolute Gasteiger partial charge is 0.256 e. The van der Waals surface area contributed by atoms with Crippen LogP contribution in [0.25, 0.3) is 5.52 Å². The number of amides is 1. The van der Waals surface area contributed by atoms with Gasteiger partial charge >= 0.3 is 0 Å². The highest BCUT2D eigenvalue weighted by atomic mass is 16.5. The molecule has 3 aromatic heterocycles. The Morgan fingerprint density at radius 1 is 1.12 bits per heavy atom. The number of aromatic nitrogens is 5. The lowest BCUT2D eigenvalue weighted by Crippen LogP contribution is -2.50. The van der Waals surface area contributed by atoms with Crippen LogP contribution in [0.3, 0.4) is 0 Å². The van der Waals surface area contributed by atoms with Crippen molar-refractivity contribution in [1.82, 2.24) is 29.7 Å². The summed E-state index contributed by atoms with van der Waals surface area (Å²) in [4.78, 5) is 21.8. The Morgan fingerprint density at radius 2 is 1.91 bits per heavy atom. The van der Waals surface area contributed by atoms with E-state index in [1.807, 2.05) is 66.6 Å². The summed E-state index contributed by atoms with van der Waals surface area (Å²) in [5.41, 5.74) is 2.68. The fraction of sp³-hybridized carbons (Fsp3) is 0.304. The van der Waals surface area contributed by atoms with E-state index < -0.39 is 6.10 Å². The van der Waals surface area contributed by atoms with Crippen LogP contribution in [-0.2, 0) is 9.53 Å². The lowest BCUT2D eigenvalue weighted by Gasteiger charge is -2.36. The van der Waals surface area contributed by atoms with Crippen molar-refractivity contribution in [2.45, 2.75) is 13.0 Å². The molecule has 5 rings (SSSR count). The molecule has 10 heteroatoms. The number of nitrogens with one attached hydrogen (secondary N) is 2. The van der Waals surface area contributed by atoms with Crippen molar-refractivity contribution in [3.63, 3.8) is 0 Å². The van der Waals surface area contributed by atoms with E-state index in [-0.39, 0.29) is 5.91 Å². The number of aromatic amines is 1. The van der Waals surface area contributed by atoms with E-state index in [1.165, 1.54) is 0 Å². The summed E-state index contributed by atoms with van der Waals surface area (Å²) in [6, 6.07) is 15.4. The number of hydrogen-bond donors (Lipinski definition) is 2. The Bertz CT molecular complexity index is 1240. The number of piperazine rings is 1. The van der Waals surface area contributed by atoms with Crippen LogP contribution < -0.4 is 10.2 Å². The van der Waals surface area contributed by atoms with Gasteiger partial charge in [-0.3, -0.25) is 9.89 Å². The number of carbonyl (C=O) groups is 1. The van der Waals surface area contributed by atoms with Gasteiger partial charge in [-0.2, -0.15) is 10.1 Å². The fourth-order valence-corrected chi connectivity index (χ4v) is 4.05.